The molecule has 2 atom stereocenters. The van der Waals surface area contributed by atoms with Gasteiger partial charge in [0.15, 0.2) is 0 Å². The van der Waals surface area contributed by atoms with Crippen molar-refractivity contribution in [3.05, 3.63) is 65.5 Å². The summed E-state index contributed by atoms with van der Waals surface area (Å²) in [4.78, 5) is 4.34. The van der Waals surface area contributed by atoms with E-state index >= 15 is 0 Å². The summed E-state index contributed by atoms with van der Waals surface area (Å²) >= 11 is 0. The van der Waals surface area contributed by atoms with Crippen molar-refractivity contribution in [2.45, 2.75) is 32.2 Å². The average molecular weight is 290 g/mol. The lowest BCUT2D eigenvalue weighted by atomic mass is 9.91. The standard InChI is InChI=1S/C17H20F2N2/c1-3-9-21-17(12(2)16-6-4-5-10-20-16)14-8-7-13(18)11-15(14)19/h4-8,10-12,17,21H,3,9H2,1-2H3. The van der Waals surface area contributed by atoms with Gasteiger partial charge in [0.05, 0.1) is 0 Å². The Labute approximate surface area is 124 Å². The summed E-state index contributed by atoms with van der Waals surface area (Å²) in [5.74, 6) is -1.10. The van der Waals surface area contributed by atoms with Crippen molar-refractivity contribution in [3.63, 3.8) is 0 Å². The molecular weight excluding hydrogens is 270 g/mol. The molecule has 1 aromatic carbocycles. The minimum atomic E-state index is -0.559. The van der Waals surface area contributed by atoms with Crippen LogP contribution in [-0.2, 0) is 0 Å². The summed E-state index contributed by atoms with van der Waals surface area (Å²) in [6, 6.07) is 9.19. The molecule has 112 valence electrons. The van der Waals surface area contributed by atoms with Gasteiger partial charge in [-0.1, -0.05) is 26.0 Å². The summed E-state index contributed by atoms with van der Waals surface area (Å²) in [7, 11) is 0. The van der Waals surface area contributed by atoms with E-state index in [9.17, 15) is 8.78 Å². The predicted molar refractivity (Wildman–Crippen MR) is 80.0 cm³/mol. The normalized spacial score (nSPS) is 13.9. The van der Waals surface area contributed by atoms with Crippen LogP contribution in [0.3, 0.4) is 0 Å². The lowest BCUT2D eigenvalue weighted by Crippen LogP contribution is -2.28. The van der Waals surface area contributed by atoms with Crippen molar-refractivity contribution in [2.75, 3.05) is 6.54 Å². The van der Waals surface area contributed by atoms with Crippen molar-refractivity contribution >= 4 is 0 Å². The van der Waals surface area contributed by atoms with E-state index in [0.717, 1.165) is 24.7 Å². The number of pyridine rings is 1. The molecule has 4 heteroatoms. The Morgan fingerprint density at radius 2 is 2.00 bits per heavy atom. The second-order valence-electron chi connectivity index (χ2n) is 5.14. The van der Waals surface area contributed by atoms with E-state index in [1.165, 1.54) is 12.1 Å². The molecule has 0 fully saturated rings. The van der Waals surface area contributed by atoms with Crippen LogP contribution in [-0.4, -0.2) is 11.5 Å². The lowest BCUT2D eigenvalue weighted by molar-refractivity contribution is 0.437. The Balaban J connectivity index is 2.33. The van der Waals surface area contributed by atoms with Crippen LogP contribution in [0.1, 0.15) is 43.5 Å². The van der Waals surface area contributed by atoms with E-state index in [-0.39, 0.29) is 12.0 Å². The van der Waals surface area contributed by atoms with Crippen LogP contribution in [0, 0.1) is 11.6 Å². The Kier molecular flexibility index (Phi) is 5.39. The van der Waals surface area contributed by atoms with Gasteiger partial charge in [0.25, 0.3) is 0 Å². The molecule has 0 aliphatic rings. The van der Waals surface area contributed by atoms with Gasteiger partial charge in [-0.3, -0.25) is 4.98 Å². The van der Waals surface area contributed by atoms with E-state index in [1.807, 2.05) is 25.1 Å². The number of aromatic nitrogens is 1. The zero-order valence-electron chi connectivity index (χ0n) is 12.3. The van der Waals surface area contributed by atoms with Crippen molar-refractivity contribution in [1.29, 1.82) is 0 Å². The highest BCUT2D eigenvalue weighted by Crippen LogP contribution is 2.31. The van der Waals surface area contributed by atoms with Crippen LogP contribution in [0.15, 0.2) is 42.6 Å². The fourth-order valence-electron chi connectivity index (χ4n) is 2.43. The molecule has 1 N–H and O–H groups in total. The first-order valence-electron chi connectivity index (χ1n) is 7.22. The Hall–Kier alpha value is -1.81. The molecule has 0 aliphatic heterocycles. The molecule has 0 bridgehead atoms. The fourth-order valence-corrected chi connectivity index (χ4v) is 2.43. The topological polar surface area (TPSA) is 24.9 Å². The Morgan fingerprint density at radius 1 is 1.19 bits per heavy atom. The summed E-state index contributed by atoms with van der Waals surface area (Å²) in [6.07, 6.45) is 2.66. The molecule has 21 heavy (non-hydrogen) atoms. The number of halogens is 2. The smallest absolute Gasteiger partial charge is 0.130 e. The zero-order valence-corrected chi connectivity index (χ0v) is 12.3. The van der Waals surface area contributed by atoms with Crippen LogP contribution < -0.4 is 5.32 Å². The predicted octanol–water partition coefficient (Wildman–Crippen LogP) is 4.20. The number of hydrogen-bond donors (Lipinski definition) is 1. The van der Waals surface area contributed by atoms with Gasteiger partial charge in [0.2, 0.25) is 0 Å². The van der Waals surface area contributed by atoms with Crippen molar-refractivity contribution in [3.8, 4) is 0 Å². The molecule has 1 heterocycles. The Bertz CT molecular complexity index is 572. The van der Waals surface area contributed by atoms with Gasteiger partial charge < -0.3 is 5.32 Å². The maximum atomic E-state index is 14.1. The maximum Gasteiger partial charge on any atom is 0.130 e. The highest BCUT2D eigenvalue weighted by atomic mass is 19.1. The van der Waals surface area contributed by atoms with Crippen LogP contribution in [0.25, 0.3) is 0 Å². The third-order valence-electron chi connectivity index (χ3n) is 3.57. The average Bonchev–Trinajstić information content (AvgIpc) is 2.50. The summed E-state index contributed by atoms with van der Waals surface area (Å²) in [5, 5.41) is 3.34. The van der Waals surface area contributed by atoms with Crippen molar-refractivity contribution in [2.24, 2.45) is 0 Å². The van der Waals surface area contributed by atoms with E-state index in [0.29, 0.717) is 5.56 Å². The van der Waals surface area contributed by atoms with E-state index < -0.39 is 11.6 Å². The van der Waals surface area contributed by atoms with Gasteiger partial charge in [-0.15, -0.1) is 0 Å². The zero-order chi connectivity index (χ0) is 15.2. The maximum absolute atomic E-state index is 14.1. The molecule has 2 aromatic rings. The number of nitrogens with one attached hydrogen (secondary N) is 1. The Morgan fingerprint density at radius 3 is 2.62 bits per heavy atom. The quantitative estimate of drug-likeness (QED) is 0.862. The van der Waals surface area contributed by atoms with Crippen LogP contribution in [0.2, 0.25) is 0 Å². The van der Waals surface area contributed by atoms with Crippen molar-refractivity contribution in [1.82, 2.24) is 10.3 Å². The van der Waals surface area contributed by atoms with Crippen LogP contribution in [0.4, 0.5) is 8.78 Å². The van der Waals surface area contributed by atoms with E-state index in [4.69, 9.17) is 0 Å². The van der Waals surface area contributed by atoms with Crippen LogP contribution >= 0.6 is 0 Å². The number of rotatable bonds is 6. The first-order chi connectivity index (χ1) is 10.1. The van der Waals surface area contributed by atoms with Gasteiger partial charge in [-0.05, 0) is 31.2 Å². The number of benzene rings is 1. The van der Waals surface area contributed by atoms with Gasteiger partial charge in [0.1, 0.15) is 11.6 Å². The van der Waals surface area contributed by atoms with Gasteiger partial charge >= 0.3 is 0 Å². The minimum absolute atomic E-state index is 0.0160. The van der Waals surface area contributed by atoms with Crippen LogP contribution in [0.5, 0.6) is 0 Å². The summed E-state index contributed by atoms with van der Waals surface area (Å²) in [6.45, 7) is 4.81. The highest BCUT2D eigenvalue weighted by molar-refractivity contribution is 5.26. The molecule has 2 nitrogen and oxygen atoms in total. The summed E-state index contributed by atoms with van der Waals surface area (Å²) < 4.78 is 27.2. The fraction of sp³-hybridized carbons (Fsp3) is 0.353. The summed E-state index contributed by atoms with van der Waals surface area (Å²) in [5.41, 5.74) is 1.36. The largest absolute Gasteiger partial charge is 0.309 e. The number of nitrogens with zero attached hydrogens (tertiary/aromatic N) is 1. The molecule has 0 spiro atoms. The molecule has 0 aliphatic carbocycles. The van der Waals surface area contributed by atoms with E-state index in [1.54, 1.807) is 6.20 Å². The first-order valence-corrected chi connectivity index (χ1v) is 7.22. The molecule has 0 saturated heterocycles. The second kappa shape index (κ2) is 7.27. The molecular formula is C17H20F2N2. The third-order valence-corrected chi connectivity index (χ3v) is 3.57. The van der Waals surface area contributed by atoms with Gasteiger partial charge in [0, 0.05) is 35.5 Å². The van der Waals surface area contributed by atoms with Gasteiger partial charge in [-0.25, -0.2) is 8.78 Å². The SMILES string of the molecule is CCCNC(c1ccc(F)cc1F)C(C)c1ccccn1. The monoisotopic (exact) mass is 290 g/mol. The lowest BCUT2D eigenvalue weighted by Gasteiger charge is -2.26. The molecule has 2 rings (SSSR count). The molecule has 0 amide bonds. The number of hydrogen-bond acceptors (Lipinski definition) is 2. The van der Waals surface area contributed by atoms with E-state index in [2.05, 4.69) is 17.2 Å². The second-order valence-corrected chi connectivity index (χ2v) is 5.14. The van der Waals surface area contributed by atoms with Gasteiger partial charge in [-0.2, -0.15) is 0 Å². The molecule has 0 radical (unpaired) electrons. The minimum Gasteiger partial charge on any atom is -0.309 e. The molecule has 0 saturated carbocycles. The highest BCUT2D eigenvalue weighted by Gasteiger charge is 2.24. The molecule has 2 unspecified atom stereocenters. The molecule has 1 aromatic heterocycles. The first kappa shape index (κ1) is 15.6. The third kappa shape index (κ3) is 3.85. The van der Waals surface area contributed by atoms with Crippen molar-refractivity contribution < 1.29 is 8.78 Å².